The normalized spacial score (nSPS) is 21.0. The van der Waals surface area contributed by atoms with Crippen molar-refractivity contribution in [3.63, 3.8) is 0 Å². The topological polar surface area (TPSA) is 86.8 Å². The number of hydrogen-bond acceptors (Lipinski definition) is 4. The molecule has 2 heterocycles. The number of piperidine rings is 2. The van der Waals surface area contributed by atoms with Crippen LogP contribution >= 0.6 is 0 Å². The minimum absolute atomic E-state index is 0.0589. The molecule has 2 fully saturated rings. The number of rotatable bonds is 6. The van der Waals surface area contributed by atoms with Gasteiger partial charge in [0.25, 0.3) is 5.91 Å². The van der Waals surface area contributed by atoms with Gasteiger partial charge in [-0.1, -0.05) is 19.1 Å². The van der Waals surface area contributed by atoms with Crippen LogP contribution in [-0.4, -0.2) is 61.4 Å². The van der Waals surface area contributed by atoms with Gasteiger partial charge in [0.05, 0.1) is 22.9 Å². The number of nitrogens with one attached hydrogen (secondary N) is 1. The lowest BCUT2D eigenvalue weighted by molar-refractivity contribution is -0.120. The molecule has 0 aliphatic carbocycles. The summed E-state index contributed by atoms with van der Waals surface area (Å²) < 4.78 is 26.2. The van der Waals surface area contributed by atoms with Crippen LogP contribution < -0.4 is 5.32 Å². The van der Waals surface area contributed by atoms with Crippen LogP contribution in [0.15, 0.2) is 24.3 Å². The SMILES string of the molecule is CCCS(=O)(=O)N1CCCC(C(=O)Nc2ccccc2C(=O)N2CCCCC2)C1. The molecule has 0 bridgehead atoms. The fourth-order valence-corrected chi connectivity index (χ4v) is 5.67. The highest BCUT2D eigenvalue weighted by Gasteiger charge is 2.32. The van der Waals surface area contributed by atoms with E-state index in [1.165, 1.54) is 4.31 Å². The van der Waals surface area contributed by atoms with Gasteiger partial charge < -0.3 is 10.2 Å². The molecule has 3 rings (SSSR count). The number of amides is 2. The molecule has 7 nitrogen and oxygen atoms in total. The van der Waals surface area contributed by atoms with Gasteiger partial charge >= 0.3 is 0 Å². The molecule has 0 radical (unpaired) electrons. The number of likely N-dealkylation sites (tertiary alicyclic amines) is 1. The number of sulfonamides is 1. The Kier molecular flexibility index (Phi) is 7.29. The van der Waals surface area contributed by atoms with E-state index >= 15 is 0 Å². The minimum Gasteiger partial charge on any atom is -0.339 e. The molecule has 1 N–H and O–H groups in total. The summed E-state index contributed by atoms with van der Waals surface area (Å²) in [4.78, 5) is 27.7. The Bertz CT molecular complexity index is 834. The Morgan fingerprint density at radius 3 is 2.52 bits per heavy atom. The molecule has 160 valence electrons. The molecule has 8 heteroatoms. The van der Waals surface area contributed by atoms with Crippen molar-refractivity contribution in [2.75, 3.05) is 37.2 Å². The van der Waals surface area contributed by atoms with E-state index in [1.807, 2.05) is 11.8 Å². The number of benzene rings is 1. The summed E-state index contributed by atoms with van der Waals surface area (Å²) in [6, 6.07) is 7.07. The van der Waals surface area contributed by atoms with Crippen LogP contribution in [0.5, 0.6) is 0 Å². The van der Waals surface area contributed by atoms with Gasteiger partial charge in [-0.25, -0.2) is 12.7 Å². The van der Waals surface area contributed by atoms with E-state index in [-0.39, 0.29) is 24.1 Å². The fourth-order valence-electron chi connectivity index (χ4n) is 4.08. The van der Waals surface area contributed by atoms with Crippen LogP contribution in [0.2, 0.25) is 0 Å². The summed E-state index contributed by atoms with van der Waals surface area (Å²) in [6.45, 7) is 4.00. The maximum Gasteiger partial charge on any atom is 0.255 e. The number of hydrogen-bond donors (Lipinski definition) is 1. The van der Waals surface area contributed by atoms with Crippen molar-refractivity contribution < 1.29 is 18.0 Å². The molecule has 2 aliphatic rings. The van der Waals surface area contributed by atoms with Crippen LogP contribution in [-0.2, 0) is 14.8 Å². The van der Waals surface area contributed by atoms with Crippen molar-refractivity contribution in [1.29, 1.82) is 0 Å². The summed E-state index contributed by atoms with van der Waals surface area (Å²) >= 11 is 0. The number of anilines is 1. The molecule has 1 aromatic rings. The molecule has 1 atom stereocenters. The van der Waals surface area contributed by atoms with Crippen molar-refractivity contribution in [3.05, 3.63) is 29.8 Å². The highest BCUT2D eigenvalue weighted by molar-refractivity contribution is 7.89. The first-order valence-electron chi connectivity index (χ1n) is 10.6. The molecule has 29 heavy (non-hydrogen) atoms. The van der Waals surface area contributed by atoms with Gasteiger partial charge in [0, 0.05) is 26.2 Å². The summed E-state index contributed by atoms with van der Waals surface area (Å²) in [6.07, 6.45) is 5.01. The van der Waals surface area contributed by atoms with Gasteiger partial charge in [-0.15, -0.1) is 0 Å². The summed E-state index contributed by atoms with van der Waals surface area (Å²) in [5, 5.41) is 2.90. The van der Waals surface area contributed by atoms with E-state index < -0.39 is 15.9 Å². The molecule has 2 saturated heterocycles. The minimum atomic E-state index is -3.32. The van der Waals surface area contributed by atoms with Crippen molar-refractivity contribution in [2.45, 2.75) is 45.4 Å². The summed E-state index contributed by atoms with van der Waals surface area (Å²) in [7, 11) is -3.32. The van der Waals surface area contributed by atoms with Crippen LogP contribution in [0.4, 0.5) is 5.69 Å². The first-order chi connectivity index (χ1) is 13.9. The van der Waals surface area contributed by atoms with E-state index in [9.17, 15) is 18.0 Å². The molecule has 2 amide bonds. The van der Waals surface area contributed by atoms with Crippen molar-refractivity contribution >= 4 is 27.5 Å². The Morgan fingerprint density at radius 1 is 1.07 bits per heavy atom. The highest BCUT2D eigenvalue weighted by Crippen LogP contribution is 2.24. The average Bonchev–Trinajstić information content (AvgIpc) is 2.74. The van der Waals surface area contributed by atoms with Crippen LogP contribution in [0.25, 0.3) is 0 Å². The van der Waals surface area contributed by atoms with Gasteiger partial charge in [0.2, 0.25) is 15.9 Å². The fraction of sp³-hybridized carbons (Fsp3) is 0.619. The zero-order valence-corrected chi connectivity index (χ0v) is 17.9. The number of carbonyl (C=O) groups is 2. The zero-order chi connectivity index (χ0) is 20.9. The van der Waals surface area contributed by atoms with E-state index in [1.54, 1.807) is 24.3 Å². The second-order valence-corrected chi connectivity index (χ2v) is 9.99. The second kappa shape index (κ2) is 9.71. The molecule has 1 unspecified atom stereocenters. The van der Waals surface area contributed by atoms with E-state index in [0.717, 1.165) is 32.4 Å². The summed E-state index contributed by atoms with van der Waals surface area (Å²) in [5.74, 6) is -0.584. The van der Waals surface area contributed by atoms with E-state index in [2.05, 4.69) is 5.32 Å². The lowest BCUT2D eigenvalue weighted by atomic mass is 9.98. The molecule has 0 saturated carbocycles. The molecule has 2 aliphatic heterocycles. The van der Waals surface area contributed by atoms with Crippen molar-refractivity contribution in [2.24, 2.45) is 5.92 Å². The van der Waals surface area contributed by atoms with Crippen LogP contribution in [0, 0.1) is 5.92 Å². The van der Waals surface area contributed by atoms with E-state index in [4.69, 9.17) is 0 Å². The third-order valence-corrected chi connectivity index (χ3v) is 7.71. The van der Waals surface area contributed by atoms with E-state index in [0.29, 0.717) is 37.1 Å². The molecular formula is C21H31N3O4S. The standard InChI is InChI=1S/C21H31N3O4S/c1-2-15-29(27,28)24-14-8-9-17(16-24)20(25)22-19-11-5-4-10-18(19)21(26)23-12-6-3-7-13-23/h4-5,10-11,17H,2-3,6-9,12-16H2,1H3,(H,22,25). The second-order valence-electron chi connectivity index (χ2n) is 7.90. The monoisotopic (exact) mass is 421 g/mol. The van der Waals surface area contributed by atoms with Crippen molar-refractivity contribution in [3.8, 4) is 0 Å². The van der Waals surface area contributed by atoms with Crippen LogP contribution in [0.1, 0.15) is 55.8 Å². The van der Waals surface area contributed by atoms with Crippen LogP contribution in [0.3, 0.4) is 0 Å². The quantitative estimate of drug-likeness (QED) is 0.765. The Morgan fingerprint density at radius 2 is 1.79 bits per heavy atom. The maximum absolute atomic E-state index is 12.9. The Labute approximate surface area is 173 Å². The first-order valence-corrected chi connectivity index (χ1v) is 12.2. The van der Waals surface area contributed by atoms with Gasteiger partial charge in [-0.2, -0.15) is 0 Å². The Hall–Kier alpha value is -1.93. The maximum atomic E-state index is 12.9. The van der Waals surface area contributed by atoms with Gasteiger partial charge in [-0.3, -0.25) is 9.59 Å². The predicted octanol–water partition coefficient (Wildman–Crippen LogP) is 2.70. The predicted molar refractivity (Wildman–Crippen MR) is 113 cm³/mol. The molecule has 0 spiro atoms. The molecule has 1 aromatic carbocycles. The van der Waals surface area contributed by atoms with Gasteiger partial charge in [0.1, 0.15) is 0 Å². The summed E-state index contributed by atoms with van der Waals surface area (Å²) in [5.41, 5.74) is 0.996. The number of nitrogens with zero attached hydrogens (tertiary/aromatic N) is 2. The van der Waals surface area contributed by atoms with Gasteiger partial charge in [0.15, 0.2) is 0 Å². The third-order valence-electron chi connectivity index (χ3n) is 5.67. The van der Waals surface area contributed by atoms with Gasteiger partial charge in [-0.05, 0) is 50.7 Å². The Balaban J connectivity index is 1.70. The number of para-hydroxylation sites is 1. The lowest BCUT2D eigenvalue weighted by Gasteiger charge is -2.31. The molecular weight excluding hydrogens is 390 g/mol. The third kappa shape index (κ3) is 5.36. The largest absolute Gasteiger partial charge is 0.339 e. The lowest BCUT2D eigenvalue weighted by Crippen LogP contribution is -2.44. The first kappa shape index (κ1) is 21.8. The smallest absolute Gasteiger partial charge is 0.255 e. The zero-order valence-electron chi connectivity index (χ0n) is 17.1. The molecule has 0 aromatic heterocycles. The van der Waals surface area contributed by atoms with Crippen molar-refractivity contribution in [1.82, 2.24) is 9.21 Å². The average molecular weight is 422 g/mol. The highest BCUT2D eigenvalue weighted by atomic mass is 32.2. The number of carbonyl (C=O) groups excluding carboxylic acids is 2.